The molecule has 8 heteroatoms. The fourth-order valence-corrected chi connectivity index (χ4v) is 5.78. The smallest absolute Gasteiger partial charge is 0.298 e. The van der Waals surface area contributed by atoms with Gasteiger partial charge >= 0.3 is 0 Å². The molecule has 3 atom stereocenters. The number of hydrogen-bond acceptors (Lipinski definition) is 5. The molecule has 8 nitrogen and oxygen atoms in total. The zero-order chi connectivity index (χ0) is 24.3. The molecule has 2 amide bonds. The van der Waals surface area contributed by atoms with Crippen molar-refractivity contribution in [1.82, 2.24) is 9.80 Å². The monoisotopic (exact) mass is 465 g/mol. The van der Waals surface area contributed by atoms with E-state index in [1.807, 2.05) is 42.2 Å². The lowest BCUT2D eigenvalue weighted by Crippen LogP contribution is -2.44. The van der Waals surface area contributed by atoms with Gasteiger partial charge in [-0.3, -0.25) is 24.5 Å². The molecule has 1 aromatic carbocycles. The van der Waals surface area contributed by atoms with Crippen LogP contribution in [-0.4, -0.2) is 65.0 Å². The van der Waals surface area contributed by atoms with Crippen LogP contribution in [0.5, 0.6) is 0 Å². The van der Waals surface area contributed by atoms with Crippen molar-refractivity contribution >= 4 is 17.6 Å². The van der Waals surface area contributed by atoms with Crippen molar-refractivity contribution in [2.45, 2.75) is 39.0 Å². The summed E-state index contributed by atoms with van der Waals surface area (Å²) in [5.41, 5.74) is 0.803. The molecule has 0 bridgehead atoms. The van der Waals surface area contributed by atoms with Crippen molar-refractivity contribution in [3.63, 3.8) is 0 Å². The van der Waals surface area contributed by atoms with Crippen LogP contribution in [0.2, 0.25) is 0 Å². The third-order valence-electron chi connectivity index (χ3n) is 7.93. The molecule has 0 aromatic heterocycles. The first-order valence-electron chi connectivity index (χ1n) is 12.0. The third-order valence-corrected chi connectivity index (χ3v) is 7.93. The van der Waals surface area contributed by atoms with Crippen molar-refractivity contribution in [1.29, 1.82) is 0 Å². The average molecular weight is 466 g/mol. The molecule has 3 fully saturated rings. The molecule has 4 rings (SSSR count). The Morgan fingerprint density at radius 2 is 1.76 bits per heavy atom. The number of piperidine rings is 1. The van der Waals surface area contributed by atoms with Crippen LogP contribution in [0.25, 0.3) is 0 Å². The van der Waals surface area contributed by atoms with Gasteiger partial charge in [-0.15, -0.1) is 0 Å². The summed E-state index contributed by atoms with van der Waals surface area (Å²) in [7, 11) is 0. The quantitative estimate of drug-likeness (QED) is 0.386. The number of benzene rings is 1. The average Bonchev–Trinajstić information content (AvgIpc) is 3.34. The third kappa shape index (κ3) is 5.30. The first kappa shape index (κ1) is 23.9. The molecule has 0 N–H and O–H groups in total. The maximum absolute atomic E-state index is 13.0. The fourth-order valence-electron chi connectivity index (χ4n) is 5.78. The number of carbonyl (C=O) groups is 3. The number of likely N-dealkylation sites (tertiary alicyclic amines) is 2. The number of nitrogens with zero attached hydrogens (tertiary/aromatic N) is 3. The van der Waals surface area contributed by atoms with Crippen molar-refractivity contribution < 1.29 is 19.3 Å². The minimum Gasteiger partial charge on any atom is -0.342 e. The lowest BCUT2D eigenvalue weighted by molar-refractivity contribution is -0.490. The summed E-state index contributed by atoms with van der Waals surface area (Å²) in [6, 6.07) is 9.42. The van der Waals surface area contributed by atoms with Gasteiger partial charge in [-0.1, -0.05) is 31.0 Å². The fraction of sp³-hybridized carbons (Fsp3) is 0.577. The van der Waals surface area contributed by atoms with Crippen LogP contribution in [0.4, 0.5) is 0 Å². The number of nitro groups is 1. The van der Waals surface area contributed by atoms with Gasteiger partial charge < -0.3 is 9.80 Å². The molecule has 3 aliphatic rings. The summed E-state index contributed by atoms with van der Waals surface area (Å²) in [5.74, 6) is 4.40. The summed E-state index contributed by atoms with van der Waals surface area (Å²) in [6.45, 7) is 4.10. The first-order valence-corrected chi connectivity index (χ1v) is 12.0. The zero-order valence-electron chi connectivity index (χ0n) is 19.6. The van der Waals surface area contributed by atoms with Crippen molar-refractivity contribution in [3.05, 3.63) is 46.0 Å². The topological polar surface area (TPSA) is 101 Å². The van der Waals surface area contributed by atoms with E-state index in [1.165, 1.54) is 0 Å². The van der Waals surface area contributed by atoms with Crippen LogP contribution >= 0.6 is 0 Å². The van der Waals surface area contributed by atoms with Gasteiger partial charge in [-0.25, -0.2) is 0 Å². The lowest BCUT2D eigenvalue weighted by Gasteiger charge is -2.38. The van der Waals surface area contributed by atoms with E-state index in [1.54, 1.807) is 4.90 Å². The highest BCUT2D eigenvalue weighted by Crippen LogP contribution is 2.42. The molecular weight excluding hydrogens is 434 g/mol. The number of amides is 2. The second-order valence-corrected chi connectivity index (χ2v) is 10.1. The number of hydrogen-bond donors (Lipinski definition) is 0. The van der Waals surface area contributed by atoms with Gasteiger partial charge in [-0.2, -0.15) is 0 Å². The Morgan fingerprint density at radius 1 is 1.12 bits per heavy atom. The van der Waals surface area contributed by atoms with Crippen LogP contribution in [0, 0.1) is 45.1 Å². The molecule has 2 aliphatic heterocycles. The van der Waals surface area contributed by atoms with Crippen LogP contribution in [-0.2, 0) is 14.4 Å². The van der Waals surface area contributed by atoms with E-state index in [0.29, 0.717) is 32.6 Å². The predicted molar refractivity (Wildman–Crippen MR) is 125 cm³/mol. The zero-order valence-corrected chi connectivity index (χ0v) is 19.6. The van der Waals surface area contributed by atoms with Crippen molar-refractivity contribution in [3.8, 4) is 11.8 Å². The highest BCUT2D eigenvalue weighted by Gasteiger charge is 2.46. The minimum atomic E-state index is -0.549. The van der Waals surface area contributed by atoms with Gasteiger partial charge in [0.1, 0.15) is 5.78 Å². The van der Waals surface area contributed by atoms with E-state index < -0.39 is 5.92 Å². The Bertz CT molecular complexity index is 1020. The van der Waals surface area contributed by atoms with Crippen LogP contribution in [0.3, 0.4) is 0 Å². The van der Waals surface area contributed by atoms with E-state index in [9.17, 15) is 24.5 Å². The van der Waals surface area contributed by atoms with Crippen LogP contribution in [0.1, 0.15) is 44.6 Å². The Kier molecular flexibility index (Phi) is 7.01. The van der Waals surface area contributed by atoms with Crippen LogP contribution < -0.4 is 0 Å². The maximum atomic E-state index is 13.0. The van der Waals surface area contributed by atoms with Gasteiger partial charge in [-0.05, 0) is 42.7 Å². The molecule has 1 aromatic rings. The van der Waals surface area contributed by atoms with Gasteiger partial charge in [0.15, 0.2) is 0 Å². The second-order valence-electron chi connectivity index (χ2n) is 10.1. The van der Waals surface area contributed by atoms with E-state index in [4.69, 9.17) is 0 Å². The molecule has 1 saturated carbocycles. The van der Waals surface area contributed by atoms with Crippen molar-refractivity contribution in [2.24, 2.45) is 23.2 Å². The normalized spacial score (nSPS) is 25.8. The Hall–Kier alpha value is -3.21. The van der Waals surface area contributed by atoms with E-state index in [0.717, 1.165) is 24.8 Å². The molecule has 2 heterocycles. The standard InChI is InChI=1S/C26H31N3O5/c1-19-15-23(30)21(22(19)17-29(33)34)16-25(32)28-14-11-26(18-28)9-12-27(13-10-26)24(31)8-7-20-5-3-2-4-6-20/h2-6,19,21-22H,9-18H2,1H3. The SMILES string of the molecule is CC1CC(=O)C(CC(=O)N2CCC3(CCN(C(=O)C#Cc4ccccc4)CC3)C2)C1C[N+](=O)[O-]. The lowest BCUT2D eigenvalue weighted by atomic mass is 9.77. The van der Waals surface area contributed by atoms with Gasteiger partial charge in [0, 0.05) is 67.3 Å². The van der Waals surface area contributed by atoms with E-state index >= 15 is 0 Å². The van der Waals surface area contributed by atoms with E-state index in [-0.39, 0.29) is 52.7 Å². The highest BCUT2D eigenvalue weighted by molar-refractivity contribution is 5.94. The Balaban J connectivity index is 1.30. The van der Waals surface area contributed by atoms with Crippen LogP contribution in [0.15, 0.2) is 30.3 Å². The summed E-state index contributed by atoms with van der Waals surface area (Å²) in [6.07, 6.45) is 2.90. The summed E-state index contributed by atoms with van der Waals surface area (Å²) in [5, 5.41) is 11.0. The number of carbonyl (C=O) groups excluding carboxylic acids is 3. The number of Topliss-reactive ketones (excluding diaryl/α,β-unsaturated/α-hetero) is 1. The Labute approximate surface area is 199 Å². The molecule has 180 valence electrons. The van der Waals surface area contributed by atoms with E-state index in [2.05, 4.69) is 11.8 Å². The van der Waals surface area contributed by atoms with Crippen molar-refractivity contribution in [2.75, 3.05) is 32.7 Å². The second kappa shape index (κ2) is 9.96. The molecular formula is C26H31N3O5. The van der Waals surface area contributed by atoms with Gasteiger partial charge in [0.2, 0.25) is 12.5 Å². The predicted octanol–water partition coefficient (Wildman–Crippen LogP) is 2.39. The van der Waals surface area contributed by atoms with Gasteiger partial charge in [0.05, 0.1) is 0 Å². The number of rotatable bonds is 4. The summed E-state index contributed by atoms with van der Waals surface area (Å²) >= 11 is 0. The maximum Gasteiger partial charge on any atom is 0.298 e. The number of ketones is 1. The minimum absolute atomic E-state index is 0.00743. The molecule has 34 heavy (non-hydrogen) atoms. The first-order chi connectivity index (χ1) is 16.3. The molecule has 1 aliphatic carbocycles. The summed E-state index contributed by atoms with van der Waals surface area (Å²) < 4.78 is 0. The molecule has 1 spiro atoms. The highest BCUT2D eigenvalue weighted by atomic mass is 16.6. The Morgan fingerprint density at radius 3 is 2.41 bits per heavy atom. The molecule has 3 unspecified atom stereocenters. The largest absolute Gasteiger partial charge is 0.342 e. The van der Waals surface area contributed by atoms with Gasteiger partial charge in [0.25, 0.3) is 5.91 Å². The molecule has 0 radical (unpaired) electrons. The molecule has 2 saturated heterocycles. The summed E-state index contributed by atoms with van der Waals surface area (Å²) in [4.78, 5) is 52.2.